The fraction of sp³-hybridized carbons (Fsp3) is 0.789. The molecule has 12 nitrogen and oxygen atoms in total. The molecule has 1 unspecified atom stereocenters. The summed E-state index contributed by atoms with van der Waals surface area (Å²) in [6.07, 6.45) is 9.11. The Morgan fingerprint density at radius 1 is 0.688 bits per heavy atom. The Balaban J connectivity index is -0.000000250. The Bertz CT molecular complexity index is 651. The van der Waals surface area contributed by atoms with Gasteiger partial charge in [-0.3, -0.25) is 4.79 Å². The first kappa shape index (κ1) is 32.2. The molecule has 3 aliphatic heterocycles. The molecule has 13 heteroatoms. The second-order valence-electron chi connectivity index (χ2n) is 8.02. The van der Waals surface area contributed by atoms with Gasteiger partial charge in [-0.25, -0.2) is 0 Å². The molecule has 0 bridgehead atoms. The smallest absolute Gasteiger partial charge is 0.231 e. The van der Waals surface area contributed by atoms with Crippen molar-refractivity contribution in [3.63, 3.8) is 0 Å². The van der Waals surface area contributed by atoms with Gasteiger partial charge in [0.05, 0.1) is 5.92 Å². The van der Waals surface area contributed by atoms with E-state index in [1.807, 2.05) is 0 Å². The molecule has 3 fully saturated rings. The summed E-state index contributed by atoms with van der Waals surface area (Å²) in [6.45, 7) is 5.50. The van der Waals surface area contributed by atoms with Crippen LogP contribution in [0, 0.1) is 5.92 Å². The standard InChI is InChI=1S/C19H31N7O.ClH.4H3N.4H2/c20-16(27)15-8-7-13-26(14-15)19-22-17(24-9-3-1-4-10-24)21-18(23-19)25-11-5-2-6-12-25;;;;;;;;;/h15H,1-14H2,(H2,20,27);1H;4*1H3;4*1H. The Morgan fingerprint density at radius 3 is 1.47 bits per heavy atom. The molecule has 0 radical (unpaired) electrons. The number of primary amides is 1. The van der Waals surface area contributed by atoms with Gasteiger partial charge in [-0.05, 0) is 51.4 Å². The highest BCUT2D eigenvalue weighted by molar-refractivity contribution is 5.85. The van der Waals surface area contributed by atoms with Gasteiger partial charge in [0.1, 0.15) is 0 Å². The number of aromatic nitrogens is 3. The molecule has 32 heavy (non-hydrogen) atoms. The van der Waals surface area contributed by atoms with E-state index in [4.69, 9.17) is 20.7 Å². The van der Waals surface area contributed by atoms with Crippen molar-refractivity contribution < 1.29 is 10.5 Å². The Morgan fingerprint density at radius 2 is 1.06 bits per heavy atom. The molecule has 1 atom stereocenters. The number of nitrogens with zero attached hydrogens (tertiary/aromatic N) is 6. The summed E-state index contributed by atoms with van der Waals surface area (Å²) in [5, 5.41) is 0. The minimum Gasteiger partial charge on any atom is -0.369 e. The van der Waals surface area contributed by atoms with Crippen LogP contribution in [0.3, 0.4) is 0 Å². The first-order valence-corrected chi connectivity index (χ1v) is 10.5. The van der Waals surface area contributed by atoms with Crippen molar-refractivity contribution in [2.75, 3.05) is 54.0 Å². The molecular weight excluding hydrogens is 434 g/mol. The molecule has 4 rings (SSSR count). The topological polar surface area (TPSA) is 231 Å². The summed E-state index contributed by atoms with van der Waals surface area (Å²) < 4.78 is 0. The van der Waals surface area contributed by atoms with Crippen molar-refractivity contribution in [3.05, 3.63) is 0 Å². The fourth-order valence-corrected chi connectivity index (χ4v) is 4.35. The molecule has 196 valence electrons. The highest BCUT2D eigenvalue weighted by atomic mass is 35.5. The van der Waals surface area contributed by atoms with Gasteiger partial charge in [0, 0.05) is 45.0 Å². The highest BCUT2D eigenvalue weighted by Gasteiger charge is 2.28. The van der Waals surface area contributed by atoms with Crippen molar-refractivity contribution >= 4 is 36.2 Å². The maximum Gasteiger partial charge on any atom is 0.231 e. The van der Waals surface area contributed by atoms with E-state index in [0.29, 0.717) is 12.5 Å². The van der Waals surface area contributed by atoms with Gasteiger partial charge in [0.15, 0.2) is 0 Å². The molecule has 1 aromatic rings. The number of carbonyl (C=O) groups is 1. The van der Waals surface area contributed by atoms with E-state index < -0.39 is 0 Å². The summed E-state index contributed by atoms with van der Waals surface area (Å²) in [6, 6.07) is 0. The number of piperidine rings is 3. The summed E-state index contributed by atoms with van der Waals surface area (Å²) in [5.41, 5.74) is 5.57. The Hall–Kier alpha value is -1.99. The molecule has 1 aromatic heterocycles. The molecule has 4 heterocycles. The number of rotatable bonds is 4. The quantitative estimate of drug-likeness (QED) is 0.412. The van der Waals surface area contributed by atoms with E-state index in [1.165, 1.54) is 38.5 Å². The second-order valence-corrected chi connectivity index (χ2v) is 8.02. The van der Waals surface area contributed by atoms with Gasteiger partial charge >= 0.3 is 0 Å². The average Bonchev–Trinajstić information content (AvgIpc) is 2.75. The molecule has 1 amide bonds. The van der Waals surface area contributed by atoms with Crippen LogP contribution < -0.4 is 45.0 Å². The third-order valence-corrected chi connectivity index (χ3v) is 5.98. The van der Waals surface area contributed by atoms with Gasteiger partial charge in [0.25, 0.3) is 0 Å². The number of halogens is 1. The predicted molar refractivity (Wildman–Crippen MR) is 142 cm³/mol. The van der Waals surface area contributed by atoms with Gasteiger partial charge in [-0.15, -0.1) is 12.4 Å². The monoisotopic (exact) mass is 485 g/mol. The van der Waals surface area contributed by atoms with Crippen LogP contribution in [-0.2, 0) is 4.79 Å². The number of amides is 1. The zero-order valence-corrected chi connectivity index (χ0v) is 20.2. The lowest BCUT2D eigenvalue weighted by Gasteiger charge is -2.34. The van der Waals surface area contributed by atoms with Crippen molar-refractivity contribution in [2.45, 2.75) is 51.4 Å². The number of hydrogen-bond donors (Lipinski definition) is 5. The van der Waals surface area contributed by atoms with E-state index in [-0.39, 0.29) is 54.5 Å². The summed E-state index contributed by atoms with van der Waals surface area (Å²) >= 11 is 0. The zero-order valence-electron chi connectivity index (χ0n) is 19.4. The van der Waals surface area contributed by atoms with Crippen molar-refractivity contribution in [1.29, 1.82) is 0 Å². The number of nitrogens with two attached hydrogens (primary N) is 1. The maximum atomic E-state index is 11.7. The van der Waals surface area contributed by atoms with E-state index >= 15 is 0 Å². The van der Waals surface area contributed by atoms with Gasteiger partial charge in [-0.2, -0.15) is 15.0 Å². The van der Waals surface area contributed by atoms with E-state index in [1.54, 1.807) is 0 Å². The molecule has 0 saturated carbocycles. The lowest BCUT2D eigenvalue weighted by atomic mass is 9.98. The van der Waals surface area contributed by atoms with Crippen LogP contribution in [0.25, 0.3) is 0 Å². The SMILES string of the molecule is Cl.N.N.N.N.NC(=O)C1CCCN(c2nc(N3CCCCC3)nc(N3CCCCC3)n2)C1.[HH].[HH].[HH].[HH]. The summed E-state index contributed by atoms with van der Waals surface area (Å²) in [4.78, 5) is 32.9. The predicted octanol–water partition coefficient (Wildman–Crippen LogP) is 3.61. The Labute approximate surface area is 203 Å². The van der Waals surface area contributed by atoms with Crippen molar-refractivity contribution in [1.82, 2.24) is 39.6 Å². The third kappa shape index (κ3) is 7.55. The van der Waals surface area contributed by atoms with Crippen molar-refractivity contribution in [2.24, 2.45) is 11.7 Å². The van der Waals surface area contributed by atoms with Crippen LogP contribution in [-0.4, -0.2) is 60.1 Å². The van der Waals surface area contributed by atoms with Crippen LogP contribution in [0.15, 0.2) is 0 Å². The van der Waals surface area contributed by atoms with Gasteiger partial charge < -0.3 is 45.0 Å². The first-order chi connectivity index (χ1) is 13.2. The molecule has 0 spiro atoms. The van der Waals surface area contributed by atoms with E-state index in [2.05, 4.69) is 14.7 Å². The van der Waals surface area contributed by atoms with Gasteiger partial charge in [-0.1, -0.05) is 0 Å². The Kier molecular flexibility index (Phi) is 15.0. The average molecular weight is 486 g/mol. The lowest BCUT2D eigenvalue weighted by Crippen LogP contribution is -2.42. The molecule has 0 aliphatic carbocycles. The van der Waals surface area contributed by atoms with Crippen molar-refractivity contribution in [3.8, 4) is 0 Å². The second kappa shape index (κ2) is 15.0. The normalized spacial score (nSPS) is 20.4. The number of hydrogen-bond acceptors (Lipinski definition) is 11. The third-order valence-electron chi connectivity index (χ3n) is 5.98. The number of anilines is 3. The van der Waals surface area contributed by atoms with Crippen LogP contribution in [0.1, 0.15) is 57.1 Å². The number of carbonyl (C=O) groups excluding carboxylic acids is 1. The molecular formula is C19H52ClN11O. The molecule has 14 N–H and O–H groups in total. The maximum absolute atomic E-state index is 11.7. The zero-order chi connectivity index (χ0) is 18.6. The largest absolute Gasteiger partial charge is 0.369 e. The van der Waals surface area contributed by atoms with Crippen LogP contribution in [0.4, 0.5) is 17.8 Å². The lowest BCUT2D eigenvalue weighted by molar-refractivity contribution is -0.122. The van der Waals surface area contributed by atoms with E-state index in [0.717, 1.165) is 57.5 Å². The minimum atomic E-state index is -0.221. The minimum absolute atomic E-state index is 0. The summed E-state index contributed by atoms with van der Waals surface area (Å²) in [5.74, 6) is 1.95. The highest BCUT2D eigenvalue weighted by Crippen LogP contribution is 2.26. The molecule has 3 saturated heterocycles. The van der Waals surface area contributed by atoms with E-state index in [9.17, 15) is 4.79 Å². The first-order valence-electron chi connectivity index (χ1n) is 10.5. The van der Waals surface area contributed by atoms with Crippen LogP contribution in [0.5, 0.6) is 0 Å². The summed E-state index contributed by atoms with van der Waals surface area (Å²) in [7, 11) is 0. The molecule has 3 aliphatic rings. The van der Waals surface area contributed by atoms with Crippen LogP contribution >= 0.6 is 12.4 Å². The molecule has 0 aromatic carbocycles. The fourth-order valence-electron chi connectivity index (χ4n) is 4.35. The van der Waals surface area contributed by atoms with Gasteiger partial charge in [0.2, 0.25) is 23.8 Å². The van der Waals surface area contributed by atoms with Crippen LogP contribution in [0.2, 0.25) is 0 Å².